The molecule has 0 radical (unpaired) electrons. The molecule has 23 heavy (non-hydrogen) atoms. The average Bonchev–Trinajstić information content (AvgIpc) is 2.75. The van der Waals surface area contributed by atoms with E-state index in [9.17, 15) is 0 Å². The van der Waals surface area contributed by atoms with Crippen molar-refractivity contribution >= 4 is 61.3 Å². The van der Waals surface area contributed by atoms with E-state index in [0.29, 0.717) is 0 Å². The predicted octanol–water partition coefficient (Wildman–Crippen LogP) is 6.19. The molecule has 1 aliphatic rings. The Morgan fingerprint density at radius 1 is 0.826 bits per heavy atom. The van der Waals surface area contributed by atoms with Crippen LogP contribution in [-0.4, -0.2) is 43.6 Å². The highest BCUT2D eigenvalue weighted by molar-refractivity contribution is 14.1. The Bertz CT molecular complexity index is 454. The van der Waals surface area contributed by atoms with Gasteiger partial charge in [0.05, 0.1) is 29.4 Å². The van der Waals surface area contributed by atoms with E-state index in [1.54, 1.807) is 17.6 Å². The Balaban J connectivity index is 3.52. The van der Waals surface area contributed by atoms with E-state index >= 15 is 0 Å². The fraction of sp³-hybridized carbons (Fsp3) is 0.765. The van der Waals surface area contributed by atoms with Gasteiger partial charge in [0.15, 0.2) is 0 Å². The number of hydrogen-bond donors (Lipinski definition) is 0. The normalized spacial score (nSPS) is 23.2. The summed E-state index contributed by atoms with van der Waals surface area (Å²) in [5.74, 6) is 0. The Kier molecular flexibility index (Phi) is 8.08. The number of rotatable bonds is 6. The van der Waals surface area contributed by atoms with Crippen molar-refractivity contribution in [3.05, 3.63) is 17.6 Å². The van der Waals surface area contributed by atoms with Gasteiger partial charge in [0, 0.05) is 19.6 Å². The zero-order chi connectivity index (χ0) is 18.1. The fourth-order valence-corrected chi connectivity index (χ4v) is 6.53. The maximum atomic E-state index is 5.60. The van der Waals surface area contributed by atoms with Gasteiger partial charge in [0.1, 0.15) is 0 Å². The number of allylic oxidation sites excluding steroid dienone is 2. The molecule has 0 saturated heterocycles. The third kappa shape index (κ3) is 5.64. The molecule has 0 bridgehead atoms. The molecular weight excluding hydrogens is 546 g/mol. The predicted molar refractivity (Wildman–Crippen MR) is 124 cm³/mol. The van der Waals surface area contributed by atoms with Gasteiger partial charge in [-0.05, 0) is 30.4 Å². The van der Waals surface area contributed by atoms with Crippen LogP contribution in [0.5, 0.6) is 0 Å². The van der Waals surface area contributed by atoms with Crippen molar-refractivity contribution in [2.45, 2.75) is 52.1 Å². The topological polar surface area (TPSA) is 18.5 Å². The van der Waals surface area contributed by atoms with Crippen LogP contribution in [0.3, 0.4) is 0 Å². The number of methoxy groups -OCH3 is 2. The molecule has 1 fully saturated rings. The standard InChI is InChI=1S/C17H32I2O2Si2/c1-20-11-17(12-21-2)9-13(15(18)22(3,4)5)14(10-17)16(19)23(6,7)8/h9-12H2,1-8H3/b15-13-,16-14+. The summed E-state index contributed by atoms with van der Waals surface area (Å²) in [6, 6.07) is 0. The Morgan fingerprint density at radius 3 is 1.35 bits per heavy atom. The molecule has 0 amide bonds. The van der Waals surface area contributed by atoms with E-state index in [2.05, 4.69) is 84.5 Å². The minimum Gasteiger partial charge on any atom is -0.384 e. The molecule has 0 spiro atoms. The Hall–Kier alpha value is 1.29. The van der Waals surface area contributed by atoms with E-state index in [1.807, 2.05) is 14.2 Å². The second-order valence-electron chi connectivity index (χ2n) is 8.80. The van der Waals surface area contributed by atoms with Crippen molar-refractivity contribution in [3.8, 4) is 0 Å². The highest BCUT2D eigenvalue weighted by Gasteiger charge is 2.43. The van der Waals surface area contributed by atoms with Gasteiger partial charge in [-0.15, -0.1) is 0 Å². The van der Waals surface area contributed by atoms with Crippen LogP contribution in [0.15, 0.2) is 17.6 Å². The van der Waals surface area contributed by atoms with Gasteiger partial charge in [0.2, 0.25) is 0 Å². The molecule has 0 N–H and O–H groups in total. The number of halogens is 2. The summed E-state index contributed by atoms with van der Waals surface area (Å²) >= 11 is 5.28. The molecule has 0 atom stereocenters. The molecule has 0 aromatic carbocycles. The quantitative estimate of drug-likeness (QED) is 0.277. The molecule has 2 nitrogen and oxygen atoms in total. The second kappa shape index (κ2) is 8.32. The first-order chi connectivity index (χ1) is 10.4. The lowest BCUT2D eigenvalue weighted by atomic mass is 9.88. The monoisotopic (exact) mass is 578 g/mol. The molecule has 0 aromatic heterocycles. The van der Waals surface area contributed by atoms with Gasteiger partial charge in [-0.1, -0.05) is 84.5 Å². The van der Waals surface area contributed by atoms with Gasteiger partial charge in [0.25, 0.3) is 0 Å². The summed E-state index contributed by atoms with van der Waals surface area (Å²) in [5.41, 5.74) is 3.34. The van der Waals surface area contributed by atoms with Crippen molar-refractivity contribution in [1.82, 2.24) is 0 Å². The second-order valence-corrected chi connectivity index (χ2v) is 23.0. The van der Waals surface area contributed by atoms with Crippen LogP contribution >= 0.6 is 45.2 Å². The van der Waals surface area contributed by atoms with Crippen molar-refractivity contribution in [2.75, 3.05) is 27.4 Å². The zero-order valence-electron chi connectivity index (χ0n) is 15.9. The van der Waals surface area contributed by atoms with Gasteiger partial charge in [-0.25, -0.2) is 0 Å². The summed E-state index contributed by atoms with van der Waals surface area (Å²) in [6.45, 7) is 16.3. The fourth-order valence-electron chi connectivity index (χ4n) is 3.21. The summed E-state index contributed by atoms with van der Waals surface area (Å²) in [7, 11) is 0.993. The van der Waals surface area contributed by atoms with E-state index in [0.717, 1.165) is 26.1 Å². The van der Waals surface area contributed by atoms with Crippen molar-refractivity contribution in [3.63, 3.8) is 0 Å². The first-order valence-corrected chi connectivity index (χ1v) is 17.3. The Morgan fingerprint density at radius 2 is 1.13 bits per heavy atom. The van der Waals surface area contributed by atoms with E-state index in [4.69, 9.17) is 9.47 Å². The molecular formula is C17H32I2O2Si2. The van der Waals surface area contributed by atoms with Crippen molar-refractivity contribution < 1.29 is 9.47 Å². The summed E-state index contributed by atoms with van der Waals surface area (Å²) < 4.78 is 14.5. The number of hydrogen-bond acceptors (Lipinski definition) is 2. The largest absolute Gasteiger partial charge is 0.384 e. The van der Waals surface area contributed by atoms with Crippen LogP contribution in [-0.2, 0) is 9.47 Å². The number of ether oxygens (including phenoxy) is 2. The van der Waals surface area contributed by atoms with Gasteiger partial charge < -0.3 is 9.47 Å². The summed E-state index contributed by atoms with van der Waals surface area (Å²) in [5, 5.41) is 0. The van der Waals surface area contributed by atoms with E-state index < -0.39 is 16.1 Å². The third-order valence-corrected chi connectivity index (χ3v) is 18.5. The summed E-state index contributed by atoms with van der Waals surface area (Å²) in [6.07, 6.45) is 2.20. The maximum Gasteiger partial charge on any atom is 0.0858 e. The van der Waals surface area contributed by atoms with E-state index in [-0.39, 0.29) is 5.41 Å². The molecule has 6 heteroatoms. The molecule has 1 saturated carbocycles. The van der Waals surface area contributed by atoms with Crippen LogP contribution in [0.2, 0.25) is 39.3 Å². The van der Waals surface area contributed by atoms with E-state index in [1.165, 1.54) is 0 Å². The lowest BCUT2D eigenvalue weighted by Crippen LogP contribution is -2.29. The Labute approximate surface area is 172 Å². The highest BCUT2D eigenvalue weighted by Crippen LogP contribution is 2.52. The highest BCUT2D eigenvalue weighted by atomic mass is 127. The summed E-state index contributed by atoms with van der Waals surface area (Å²) in [4.78, 5) is 0. The molecule has 0 aliphatic heterocycles. The molecule has 0 heterocycles. The SMILES string of the molecule is COCC1(COC)CC(=C(/I)[Si](C)(C)C)/C(=C(/I)[Si](C)(C)C)C1. The van der Waals surface area contributed by atoms with Gasteiger partial charge in [-0.2, -0.15) is 0 Å². The van der Waals surface area contributed by atoms with Crippen molar-refractivity contribution in [1.29, 1.82) is 0 Å². The van der Waals surface area contributed by atoms with Gasteiger partial charge in [-0.3, -0.25) is 0 Å². The molecule has 0 unspecified atom stereocenters. The smallest absolute Gasteiger partial charge is 0.0858 e. The first-order valence-electron chi connectivity index (χ1n) is 8.14. The van der Waals surface area contributed by atoms with Gasteiger partial charge >= 0.3 is 0 Å². The van der Waals surface area contributed by atoms with Crippen molar-refractivity contribution in [2.24, 2.45) is 5.41 Å². The minimum absolute atomic E-state index is 0.111. The van der Waals surface area contributed by atoms with Crippen LogP contribution < -0.4 is 0 Å². The maximum absolute atomic E-state index is 5.60. The lowest BCUT2D eigenvalue weighted by molar-refractivity contribution is 0.0190. The van der Waals surface area contributed by atoms with Crippen LogP contribution in [0, 0.1) is 5.41 Å². The minimum atomic E-state index is -1.32. The first kappa shape index (κ1) is 22.3. The third-order valence-electron chi connectivity index (χ3n) is 4.22. The molecule has 134 valence electrons. The van der Waals surface area contributed by atoms with Crippen LogP contribution in [0.1, 0.15) is 12.8 Å². The van der Waals surface area contributed by atoms with Crippen LogP contribution in [0.25, 0.3) is 0 Å². The van der Waals surface area contributed by atoms with Crippen LogP contribution in [0.4, 0.5) is 0 Å². The molecule has 0 aromatic rings. The lowest BCUT2D eigenvalue weighted by Gasteiger charge is -2.27. The molecule has 1 aliphatic carbocycles. The molecule has 1 rings (SSSR count). The zero-order valence-corrected chi connectivity index (χ0v) is 22.2. The average molecular weight is 578 g/mol.